The maximum atomic E-state index is 12.6. The standard InChI is InChI=1S/C18H23N3O4.CH5N/c1-12-2-5-16(17(22)20-12)21-11-13-10-14(3-4-15(13)18(21)23)25-9-8-24-7-6-19;1-2/h3-4,10,16H,1-2,5-9,11,19H2,(H,20,22);2H2,1H3. The Hall–Kier alpha value is -2.42. The van der Waals surface area contributed by atoms with Gasteiger partial charge >= 0.3 is 0 Å². The van der Waals surface area contributed by atoms with E-state index in [9.17, 15) is 9.59 Å². The van der Waals surface area contributed by atoms with E-state index < -0.39 is 6.04 Å². The highest BCUT2D eigenvalue weighted by Gasteiger charge is 2.38. The van der Waals surface area contributed by atoms with E-state index in [-0.39, 0.29) is 11.8 Å². The molecule has 2 aliphatic heterocycles. The Morgan fingerprint density at radius 3 is 2.74 bits per heavy atom. The summed E-state index contributed by atoms with van der Waals surface area (Å²) in [6, 6.07) is 4.94. The first kappa shape index (κ1) is 20.9. The smallest absolute Gasteiger partial charge is 0.255 e. The van der Waals surface area contributed by atoms with Crippen LogP contribution in [0.4, 0.5) is 0 Å². The molecule has 0 radical (unpaired) electrons. The Kier molecular flexibility index (Phi) is 7.78. The average Bonchev–Trinajstić information content (AvgIpc) is 2.99. The molecule has 0 bridgehead atoms. The molecule has 0 spiro atoms. The highest BCUT2D eigenvalue weighted by molar-refractivity contribution is 6.01. The third-order valence-corrected chi connectivity index (χ3v) is 4.37. The number of allylic oxidation sites excluding steroid dienone is 1. The molecule has 3 rings (SSSR count). The van der Waals surface area contributed by atoms with Gasteiger partial charge in [-0.05, 0) is 43.7 Å². The number of nitrogens with zero attached hydrogens (tertiary/aromatic N) is 1. The van der Waals surface area contributed by atoms with Gasteiger partial charge in [0.05, 0.1) is 13.2 Å². The minimum absolute atomic E-state index is 0.111. The van der Waals surface area contributed by atoms with Gasteiger partial charge in [-0.2, -0.15) is 0 Å². The van der Waals surface area contributed by atoms with Crippen molar-refractivity contribution >= 4 is 11.8 Å². The minimum atomic E-state index is -0.445. The van der Waals surface area contributed by atoms with Gasteiger partial charge in [0.1, 0.15) is 18.4 Å². The third kappa shape index (κ3) is 5.06. The van der Waals surface area contributed by atoms with Crippen LogP contribution >= 0.6 is 0 Å². The lowest BCUT2D eigenvalue weighted by molar-refractivity contribution is -0.126. The summed E-state index contributed by atoms with van der Waals surface area (Å²) >= 11 is 0. The van der Waals surface area contributed by atoms with E-state index in [0.29, 0.717) is 62.8 Å². The number of nitrogens with two attached hydrogens (primary N) is 2. The van der Waals surface area contributed by atoms with Crippen molar-refractivity contribution in [1.82, 2.24) is 10.2 Å². The Bertz CT molecular complexity index is 692. The maximum absolute atomic E-state index is 12.6. The lowest BCUT2D eigenvalue weighted by atomic mass is 10.0. The molecule has 27 heavy (non-hydrogen) atoms. The molecule has 2 amide bonds. The molecule has 1 aromatic carbocycles. The van der Waals surface area contributed by atoms with Gasteiger partial charge in [-0.15, -0.1) is 0 Å². The van der Waals surface area contributed by atoms with Gasteiger partial charge in [0.25, 0.3) is 5.91 Å². The quantitative estimate of drug-likeness (QED) is 0.591. The van der Waals surface area contributed by atoms with Gasteiger partial charge < -0.3 is 31.2 Å². The van der Waals surface area contributed by atoms with Crippen LogP contribution in [0.25, 0.3) is 0 Å². The van der Waals surface area contributed by atoms with E-state index in [0.717, 1.165) is 5.56 Å². The van der Waals surface area contributed by atoms with Gasteiger partial charge in [-0.3, -0.25) is 9.59 Å². The molecule has 2 heterocycles. The normalized spacial score (nSPS) is 18.6. The zero-order chi connectivity index (χ0) is 19.8. The van der Waals surface area contributed by atoms with Crippen molar-refractivity contribution in [2.24, 2.45) is 11.5 Å². The van der Waals surface area contributed by atoms with Crippen LogP contribution in [0.3, 0.4) is 0 Å². The summed E-state index contributed by atoms with van der Waals surface area (Å²) in [5.41, 5.74) is 12.1. The number of piperidine rings is 1. The van der Waals surface area contributed by atoms with E-state index in [2.05, 4.69) is 17.6 Å². The number of nitrogens with one attached hydrogen (secondary N) is 1. The zero-order valence-electron chi connectivity index (χ0n) is 15.7. The fourth-order valence-corrected chi connectivity index (χ4v) is 3.12. The number of carbonyl (C=O) groups excluding carboxylic acids is 2. The largest absolute Gasteiger partial charge is 0.491 e. The van der Waals surface area contributed by atoms with Crippen LogP contribution in [-0.2, 0) is 16.1 Å². The number of hydrogen-bond donors (Lipinski definition) is 3. The predicted molar refractivity (Wildman–Crippen MR) is 102 cm³/mol. The van der Waals surface area contributed by atoms with Crippen molar-refractivity contribution in [3.8, 4) is 5.75 Å². The van der Waals surface area contributed by atoms with E-state index in [1.165, 1.54) is 7.05 Å². The van der Waals surface area contributed by atoms with Crippen molar-refractivity contribution in [3.05, 3.63) is 41.6 Å². The van der Waals surface area contributed by atoms with Gasteiger partial charge in [-0.25, -0.2) is 0 Å². The van der Waals surface area contributed by atoms with Crippen LogP contribution in [0.2, 0.25) is 0 Å². The van der Waals surface area contributed by atoms with Crippen molar-refractivity contribution in [2.45, 2.75) is 25.4 Å². The second-order valence-electron chi connectivity index (χ2n) is 6.15. The van der Waals surface area contributed by atoms with Crippen LogP contribution in [0.1, 0.15) is 28.8 Å². The van der Waals surface area contributed by atoms with E-state index in [1.54, 1.807) is 17.0 Å². The average molecular weight is 376 g/mol. The lowest BCUT2D eigenvalue weighted by Gasteiger charge is -2.30. The minimum Gasteiger partial charge on any atom is -0.491 e. The van der Waals surface area contributed by atoms with Gasteiger partial charge in [-0.1, -0.05) is 6.58 Å². The summed E-state index contributed by atoms with van der Waals surface area (Å²) in [6.45, 7) is 6.07. The van der Waals surface area contributed by atoms with Gasteiger partial charge in [0.15, 0.2) is 0 Å². The van der Waals surface area contributed by atoms with Crippen LogP contribution in [0, 0.1) is 0 Å². The molecule has 5 N–H and O–H groups in total. The number of benzene rings is 1. The number of amides is 2. The lowest BCUT2D eigenvalue weighted by Crippen LogP contribution is -2.49. The highest BCUT2D eigenvalue weighted by Crippen LogP contribution is 2.30. The molecule has 0 aromatic heterocycles. The second-order valence-corrected chi connectivity index (χ2v) is 6.15. The van der Waals surface area contributed by atoms with Crippen molar-refractivity contribution in [2.75, 3.05) is 33.4 Å². The Labute approximate surface area is 159 Å². The molecule has 1 unspecified atom stereocenters. The molecule has 2 aliphatic rings. The van der Waals surface area contributed by atoms with Crippen LogP contribution in [0.15, 0.2) is 30.5 Å². The molecule has 8 nitrogen and oxygen atoms in total. The molecule has 1 fully saturated rings. The van der Waals surface area contributed by atoms with E-state index >= 15 is 0 Å². The number of fused-ring (bicyclic) bond motifs is 1. The Morgan fingerprint density at radius 2 is 2.04 bits per heavy atom. The van der Waals surface area contributed by atoms with Crippen LogP contribution in [0.5, 0.6) is 5.75 Å². The molecular weight excluding hydrogens is 348 g/mol. The summed E-state index contributed by atoms with van der Waals surface area (Å²) in [5.74, 6) is 0.414. The fraction of sp³-hybridized carbons (Fsp3) is 0.474. The zero-order valence-corrected chi connectivity index (χ0v) is 15.7. The van der Waals surface area contributed by atoms with E-state index in [1.807, 2.05) is 6.07 Å². The predicted octanol–water partition coefficient (Wildman–Crippen LogP) is 0.364. The van der Waals surface area contributed by atoms with Gasteiger partial charge in [0, 0.05) is 24.4 Å². The molecule has 1 atom stereocenters. The summed E-state index contributed by atoms with van der Waals surface area (Å²) in [6.07, 6.45) is 1.29. The summed E-state index contributed by atoms with van der Waals surface area (Å²) in [4.78, 5) is 26.4. The molecule has 0 aliphatic carbocycles. The fourth-order valence-electron chi connectivity index (χ4n) is 3.12. The summed E-state index contributed by atoms with van der Waals surface area (Å²) < 4.78 is 10.9. The van der Waals surface area contributed by atoms with Gasteiger partial charge in [0.2, 0.25) is 5.91 Å². The van der Waals surface area contributed by atoms with Crippen molar-refractivity contribution in [3.63, 3.8) is 0 Å². The summed E-state index contributed by atoms with van der Waals surface area (Å²) in [5, 5.41) is 2.73. The first-order chi connectivity index (χ1) is 13.1. The summed E-state index contributed by atoms with van der Waals surface area (Å²) in [7, 11) is 1.50. The number of carbonyl (C=O) groups is 2. The highest BCUT2D eigenvalue weighted by atomic mass is 16.5. The molecule has 0 saturated carbocycles. The molecule has 1 saturated heterocycles. The monoisotopic (exact) mass is 376 g/mol. The van der Waals surface area contributed by atoms with Crippen LogP contribution < -0.4 is 21.5 Å². The molecule has 8 heteroatoms. The van der Waals surface area contributed by atoms with Crippen molar-refractivity contribution in [1.29, 1.82) is 0 Å². The SMILES string of the molecule is C=C1CCC(N2Cc3cc(OCCOCCN)ccc3C2=O)C(=O)N1.CN. The molecular formula is C19H28N4O4. The molecule has 148 valence electrons. The molecule has 1 aromatic rings. The number of hydrogen-bond acceptors (Lipinski definition) is 6. The first-order valence-corrected chi connectivity index (χ1v) is 9.01. The maximum Gasteiger partial charge on any atom is 0.255 e. The van der Waals surface area contributed by atoms with Crippen molar-refractivity contribution < 1.29 is 19.1 Å². The Balaban J connectivity index is 0.00000126. The number of rotatable bonds is 7. The first-order valence-electron chi connectivity index (χ1n) is 9.01. The third-order valence-electron chi connectivity index (χ3n) is 4.37. The van der Waals surface area contributed by atoms with E-state index in [4.69, 9.17) is 15.2 Å². The number of ether oxygens (including phenoxy) is 2. The topological polar surface area (TPSA) is 120 Å². The van der Waals surface area contributed by atoms with Crippen LogP contribution in [-0.4, -0.2) is 56.2 Å². The Morgan fingerprint density at radius 1 is 1.26 bits per heavy atom. The second kappa shape index (κ2) is 10.1.